The zero-order valence-electron chi connectivity index (χ0n) is 16.6. The second kappa shape index (κ2) is 14.6. The quantitative estimate of drug-likeness (QED) is 0.263. The fourth-order valence-electron chi connectivity index (χ4n) is 2.49. The van der Waals surface area contributed by atoms with Crippen LogP contribution in [0.2, 0.25) is 0 Å². The number of hydrogen-bond acceptors (Lipinski definition) is 3. The molecule has 1 unspecified atom stereocenters. The van der Waals surface area contributed by atoms with E-state index in [1.807, 2.05) is 42.5 Å². The van der Waals surface area contributed by atoms with E-state index in [2.05, 4.69) is 31.1 Å². The number of benzene rings is 1. The van der Waals surface area contributed by atoms with Gasteiger partial charge in [0.2, 0.25) is 0 Å². The van der Waals surface area contributed by atoms with Gasteiger partial charge >= 0.3 is 0 Å². The standard InChI is InChI=1S/C21H22O2.C3H7ClO/c1-5-12-18(7-3)21(23-17-16-22,19(8-4)13-6-2)20-14-10-9-11-15-20;1-3(4)5-2/h5-16H,1-4,17H2;3H,1-2H3/b18-12+,19-13+;. The molecule has 0 bridgehead atoms. The number of hydrogen-bond donors (Lipinski definition) is 0. The van der Waals surface area contributed by atoms with Crippen molar-refractivity contribution < 1.29 is 14.3 Å². The lowest BCUT2D eigenvalue weighted by molar-refractivity contribution is -0.115. The maximum atomic E-state index is 11.0. The normalized spacial score (nSPS) is 14.5. The van der Waals surface area contributed by atoms with Gasteiger partial charge in [-0.25, -0.2) is 0 Å². The zero-order valence-corrected chi connectivity index (χ0v) is 17.4. The molecule has 1 aromatic rings. The minimum Gasteiger partial charge on any atom is -0.366 e. The van der Waals surface area contributed by atoms with Crippen LogP contribution in [-0.2, 0) is 19.9 Å². The molecule has 0 amide bonds. The second-order valence-corrected chi connectivity index (χ2v) is 6.04. The summed E-state index contributed by atoms with van der Waals surface area (Å²) in [4.78, 5) is 11.0. The Morgan fingerprint density at radius 2 is 1.54 bits per heavy atom. The van der Waals surface area contributed by atoms with Gasteiger partial charge in [0.1, 0.15) is 24.1 Å². The Morgan fingerprint density at radius 1 is 1.07 bits per heavy atom. The maximum absolute atomic E-state index is 11.0. The highest BCUT2D eigenvalue weighted by atomic mass is 35.5. The van der Waals surface area contributed by atoms with Gasteiger partial charge in [0.05, 0.1) is 0 Å². The Morgan fingerprint density at radius 3 is 1.86 bits per heavy atom. The van der Waals surface area contributed by atoms with Crippen LogP contribution in [0.1, 0.15) is 12.5 Å². The van der Waals surface area contributed by atoms with Crippen LogP contribution in [0.5, 0.6) is 0 Å². The summed E-state index contributed by atoms with van der Waals surface area (Å²) in [5.41, 5.74) is 1.23. The molecule has 1 atom stereocenters. The molecule has 0 saturated heterocycles. The first-order valence-corrected chi connectivity index (χ1v) is 9.13. The van der Waals surface area contributed by atoms with Crippen molar-refractivity contribution in [3.05, 3.63) is 110 Å². The predicted molar refractivity (Wildman–Crippen MR) is 119 cm³/mol. The number of allylic oxidation sites excluding steroid dienone is 4. The summed E-state index contributed by atoms with van der Waals surface area (Å²) >= 11 is 5.24. The van der Waals surface area contributed by atoms with Crippen LogP contribution in [0.4, 0.5) is 0 Å². The van der Waals surface area contributed by atoms with Crippen molar-refractivity contribution in [2.45, 2.75) is 18.1 Å². The maximum Gasteiger partial charge on any atom is 0.145 e. The Kier molecular flexibility index (Phi) is 13.3. The molecule has 0 aromatic heterocycles. The van der Waals surface area contributed by atoms with E-state index >= 15 is 0 Å². The monoisotopic (exact) mass is 400 g/mol. The number of alkyl halides is 1. The lowest BCUT2D eigenvalue weighted by Gasteiger charge is -2.36. The number of carbonyl (C=O) groups is 1. The number of rotatable bonds is 11. The molecule has 0 heterocycles. The van der Waals surface area contributed by atoms with Gasteiger partial charge in [0.15, 0.2) is 0 Å². The van der Waals surface area contributed by atoms with Crippen LogP contribution in [0.25, 0.3) is 0 Å². The molecular weight excluding hydrogens is 372 g/mol. The molecule has 150 valence electrons. The molecular formula is C24H29ClO3. The van der Waals surface area contributed by atoms with E-state index in [4.69, 9.17) is 16.3 Å². The van der Waals surface area contributed by atoms with Gasteiger partial charge in [-0.1, -0.05) is 105 Å². The van der Waals surface area contributed by atoms with E-state index in [0.717, 1.165) is 23.0 Å². The SMILES string of the molecule is C=C/C=C(\C=C)C(OCC=O)(/C(C=C)=C/C=C)c1ccccc1.COC(C)Cl. The summed E-state index contributed by atoms with van der Waals surface area (Å²) < 4.78 is 10.5. The van der Waals surface area contributed by atoms with Gasteiger partial charge in [-0.15, -0.1) is 0 Å². The third kappa shape index (κ3) is 7.28. The molecule has 0 aliphatic heterocycles. The lowest BCUT2D eigenvalue weighted by atomic mass is 9.78. The zero-order chi connectivity index (χ0) is 21.4. The first-order chi connectivity index (χ1) is 13.5. The first kappa shape index (κ1) is 25.5. The van der Waals surface area contributed by atoms with Crippen LogP contribution in [0.3, 0.4) is 0 Å². The highest BCUT2D eigenvalue weighted by molar-refractivity contribution is 6.19. The molecule has 0 saturated carbocycles. The number of aldehydes is 1. The smallest absolute Gasteiger partial charge is 0.145 e. The molecule has 4 heteroatoms. The van der Waals surface area contributed by atoms with Gasteiger partial charge in [-0.3, -0.25) is 0 Å². The number of methoxy groups -OCH3 is 1. The molecule has 0 N–H and O–H groups in total. The predicted octanol–water partition coefficient (Wildman–Crippen LogP) is 5.91. The number of carbonyl (C=O) groups excluding carboxylic acids is 1. The fourth-order valence-corrected chi connectivity index (χ4v) is 2.49. The summed E-state index contributed by atoms with van der Waals surface area (Å²) in [5.74, 6) is 0. The molecule has 0 aliphatic carbocycles. The fraction of sp³-hybridized carbons (Fsp3) is 0.208. The average Bonchev–Trinajstić information content (AvgIpc) is 2.73. The van der Waals surface area contributed by atoms with Gasteiger partial charge < -0.3 is 14.3 Å². The van der Waals surface area contributed by atoms with E-state index in [9.17, 15) is 4.79 Å². The summed E-state index contributed by atoms with van der Waals surface area (Å²) in [5, 5.41) is 0. The highest BCUT2D eigenvalue weighted by Crippen LogP contribution is 2.41. The van der Waals surface area contributed by atoms with Crippen LogP contribution in [0, 0.1) is 0 Å². The molecule has 1 aromatic carbocycles. The Bertz CT molecular complexity index is 670. The minimum atomic E-state index is -1.01. The van der Waals surface area contributed by atoms with E-state index in [0.29, 0.717) is 0 Å². The molecule has 0 radical (unpaired) electrons. The van der Waals surface area contributed by atoms with E-state index < -0.39 is 5.60 Å². The average molecular weight is 401 g/mol. The van der Waals surface area contributed by atoms with Gasteiger partial charge in [-0.2, -0.15) is 0 Å². The van der Waals surface area contributed by atoms with Crippen LogP contribution < -0.4 is 0 Å². The van der Waals surface area contributed by atoms with E-state index in [1.165, 1.54) is 0 Å². The summed E-state index contributed by atoms with van der Waals surface area (Å²) in [6.07, 6.45) is 11.1. The van der Waals surface area contributed by atoms with Crippen molar-refractivity contribution in [2.24, 2.45) is 0 Å². The minimum absolute atomic E-state index is 0.0699. The lowest BCUT2D eigenvalue weighted by Crippen LogP contribution is -2.34. The van der Waals surface area contributed by atoms with Crippen molar-refractivity contribution in [1.29, 1.82) is 0 Å². The Labute approximate surface area is 174 Å². The largest absolute Gasteiger partial charge is 0.366 e. The van der Waals surface area contributed by atoms with Gasteiger partial charge in [0.25, 0.3) is 0 Å². The highest BCUT2D eigenvalue weighted by Gasteiger charge is 2.38. The van der Waals surface area contributed by atoms with Crippen molar-refractivity contribution >= 4 is 17.9 Å². The summed E-state index contributed by atoms with van der Waals surface area (Å²) in [6.45, 7) is 17.0. The number of ether oxygens (including phenoxy) is 2. The molecule has 1 rings (SSSR count). The van der Waals surface area contributed by atoms with E-state index in [1.54, 1.807) is 38.3 Å². The molecule has 3 nitrogen and oxygen atoms in total. The summed E-state index contributed by atoms with van der Waals surface area (Å²) in [7, 11) is 1.57. The number of halogens is 1. The first-order valence-electron chi connectivity index (χ1n) is 8.69. The molecule has 0 fully saturated rings. The second-order valence-electron chi connectivity index (χ2n) is 5.43. The molecule has 0 aliphatic rings. The van der Waals surface area contributed by atoms with Crippen molar-refractivity contribution in [3.63, 3.8) is 0 Å². The van der Waals surface area contributed by atoms with Crippen LogP contribution in [-0.4, -0.2) is 25.6 Å². The summed E-state index contributed by atoms with van der Waals surface area (Å²) in [6, 6.07) is 9.62. The van der Waals surface area contributed by atoms with Gasteiger partial charge in [-0.05, 0) is 23.6 Å². The van der Waals surface area contributed by atoms with Gasteiger partial charge in [0, 0.05) is 7.11 Å². The van der Waals surface area contributed by atoms with Crippen molar-refractivity contribution in [1.82, 2.24) is 0 Å². The Hall–Kier alpha value is -2.46. The van der Waals surface area contributed by atoms with E-state index in [-0.39, 0.29) is 12.2 Å². The van der Waals surface area contributed by atoms with Crippen molar-refractivity contribution in [3.8, 4) is 0 Å². The van der Waals surface area contributed by atoms with Crippen molar-refractivity contribution in [2.75, 3.05) is 13.7 Å². The third-order valence-corrected chi connectivity index (χ3v) is 3.90. The molecule has 28 heavy (non-hydrogen) atoms. The Balaban J connectivity index is 0.00000129. The third-order valence-electron chi connectivity index (χ3n) is 3.72. The molecule has 0 spiro atoms. The van der Waals surface area contributed by atoms with Crippen LogP contribution >= 0.6 is 11.6 Å². The van der Waals surface area contributed by atoms with Crippen LogP contribution in [0.15, 0.2) is 104 Å². The topological polar surface area (TPSA) is 35.5 Å².